The molecule has 0 atom stereocenters. The molecule has 130 valence electrons. The van der Waals surface area contributed by atoms with E-state index >= 15 is 0 Å². The quantitative estimate of drug-likeness (QED) is 0.686. The molecular formula is C19H20N2O4. The van der Waals surface area contributed by atoms with Crippen LogP contribution in [0, 0.1) is 6.92 Å². The lowest BCUT2D eigenvalue weighted by atomic mass is 10.1. The van der Waals surface area contributed by atoms with Crippen LogP contribution in [0.3, 0.4) is 0 Å². The number of anilines is 2. The normalized spacial score (nSPS) is 10.0. The van der Waals surface area contributed by atoms with Crippen molar-refractivity contribution in [2.75, 3.05) is 23.9 Å². The van der Waals surface area contributed by atoms with Gasteiger partial charge < -0.3 is 15.0 Å². The first kappa shape index (κ1) is 18.2. The molecular weight excluding hydrogens is 320 g/mol. The first-order valence-corrected chi connectivity index (χ1v) is 7.84. The number of para-hydroxylation sites is 1. The largest absolute Gasteiger partial charge is 0.465 e. The van der Waals surface area contributed by atoms with E-state index in [9.17, 15) is 14.4 Å². The highest BCUT2D eigenvalue weighted by atomic mass is 16.5. The predicted octanol–water partition coefficient (Wildman–Crippen LogP) is 2.77. The summed E-state index contributed by atoms with van der Waals surface area (Å²) in [4.78, 5) is 38.1. The lowest BCUT2D eigenvalue weighted by Crippen LogP contribution is -2.40. The molecule has 0 unspecified atom stereocenters. The summed E-state index contributed by atoms with van der Waals surface area (Å²) in [6.07, 6.45) is 0. The van der Waals surface area contributed by atoms with Gasteiger partial charge in [0.25, 0.3) is 0 Å². The van der Waals surface area contributed by atoms with E-state index < -0.39 is 17.8 Å². The Kier molecular flexibility index (Phi) is 5.89. The van der Waals surface area contributed by atoms with Crippen molar-refractivity contribution in [3.8, 4) is 0 Å². The van der Waals surface area contributed by atoms with Gasteiger partial charge in [-0.15, -0.1) is 0 Å². The molecule has 6 nitrogen and oxygen atoms in total. The van der Waals surface area contributed by atoms with E-state index in [0.717, 1.165) is 5.56 Å². The highest BCUT2D eigenvalue weighted by molar-refractivity contribution is 6.44. The highest BCUT2D eigenvalue weighted by Crippen LogP contribution is 2.18. The molecule has 0 heterocycles. The monoisotopic (exact) mass is 340 g/mol. The fourth-order valence-electron chi connectivity index (χ4n) is 2.42. The Labute approximate surface area is 146 Å². The second-order valence-electron chi connectivity index (χ2n) is 5.38. The summed E-state index contributed by atoms with van der Waals surface area (Å²) in [5, 5.41) is 2.49. The minimum Gasteiger partial charge on any atom is -0.465 e. The van der Waals surface area contributed by atoms with E-state index in [1.165, 1.54) is 18.1 Å². The molecule has 0 radical (unpaired) electrons. The van der Waals surface area contributed by atoms with Gasteiger partial charge in [-0.05, 0) is 43.7 Å². The Hall–Kier alpha value is -3.15. The van der Waals surface area contributed by atoms with E-state index in [-0.39, 0.29) is 11.3 Å². The Balaban J connectivity index is 2.23. The van der Waals surface area contributed by atoms with Crippen LogP contribution < -0.4 is 10.2 Å². The second-order valence-corrected chi connectivity index (χ2v) is 5.38. The zero-order chi connectivity index (χ0) is 18.4. The van der Waals surface area contributed by atoms with Gasteiger partial charge in [-0.2, -0.15) is 0 Å². The first-order chi connectivity index (χ1) is 12.0. The topological polar surface area (TPSA) is 75.7 Å². The Morgan fingerprint density at radius 3 is 2.44 bits per heavy atom. The zero-order valence-corrected chi connectivity index (χ0v) is 14.4. The predicted molar refractivity (Wildman–Crippen MR) is 95.6 cm³/mol. The number of nitrogens with one attached hydrogen (secondary N) is 1. The van der Waals surface area contributed by atoms with Crippen molar-refractivity contribution in [2.24, 2.45) is 0 Å². The lowest BCUT2D eigenvalue weighted by Gasteiger charge is -2.21. The van der Waals surface area contributed by atoms with Crippen LogP contribution in [0.2, 0.25) is 0 Å². The molecule has 6 heteroatoms. The maximum Gasteiger partial charge on any atom is 0.339 e. The van der Waals surface area contributed by atoms with Crippen LogP contribution in [0.5, 0.6) is 0 Å². The SMILES string of the molecule is CCN(C(=O)C(=O)Nc1ccccc1C(=O)OC)c1cccc(C)c1. The number of methoxy groups -OCH3 is 1. The van der Waals surface area contributed by atoms with Crippen LogP contribution in [-0.2, 0) is 14.3 Å². The third kappa shape index (κ3) is 4.23. The van der Waals surface area contributed by atoms with Gasteiger partial charge in [0.05, 0.1) is 18.4 Å². The third-order valence-electron chi connectivity index (χ3n) is 3.65. The summed E-state index contributed by atoms with van der Waals surface area (Å²) in [5.41, 5.74) is 2.04. The molecule has 0 spiro atoms. The summed E-state index contributed by atoms with van der Waals surface area (Å²) in [5.74, 6) is -2.11. The van der Waals surface area contributed by atoms with Crippen LogP contribution >= 0.6 is 0 Å². The van der Waals surface area contributed by atoms with Crippen LogP contribution in [0.1, 0.15) is 22.8 Å². The van der Waals surface area contributed by atoms with Gasteiger partial charge in [0.2, 0.25) is 0 Å². The van der Waals surface area contributed by atoms with Crippen LogP contribution in [0.4, 0.5) is 11.4 Å². The van der Waals surface area contributed by atoms with E-state index in [2.05, 4.69) is 10.1 Å². The van der Waals surface area contributed by atoms with Crippen LogP contribution in [0.25, 0.3) is 0 Å². The van der Waals surface area contributed by atoms with Crippen molar-refractivity contribution >= 4 is 29.2 Å². The second kappa shape index (κ2) is 8.10. The smallest absolute Gasteiger partial charge is 0.339 e. The molecule has 0 saturated heterocycles. The molecule has 0 aromatic heterocycles. The third-order valence-corrected chi connectivity index (χ3v) is 3.65. The zero-order valence-electron chi connectivity index (χ0n) is 14.4. The Morgan fingerprint density at radius 2 is 1.80 bits per heavy atom. The molecule has 0 aliphatic heterocycles. The molecule has 0 fully saturated rings. The number of carbonyl (C=O) groups excluding carboxylic acids is 3. The van der Waals surface area contributed by atoms with Crippen LogP contribution in [-0.4, -0.2) is 31.4 Å². The number of esters is 1. The molecule has 0 aliphatic rings. The average molecular weight is 340 g/mol. The molecule has 2 aromatic carbocycles. The van der Waals surface area contributed by atoms with Crippen molar-refractivity contribution in [3.63, 3.8) is 0 Å². The maximum absolute atomic E-state index is 12.5. The first-order valence-electron chi connectivity index (χ1n) is 7.84. The minimum atomic E-state index is -0.820. The molecule has 25 heavy (non-hydrogen) atoms. The molecule has 0 saturated carbocycles. The summed E-state index contributed by atoms with van der Waals surface area (Å²) in [7, 11) is 1.25. The molecule has 0 bridgehead atoms. The molecule has 2 rings (SSSR count). The number of hydrogen-bond donors (Lipinski definition) is 1. The Bertz CT molecular complexity index is 802. The summed E-state index contributed by atoms with van der Waals surface area (Å²) < 4.78 is 4.68. The van der Waals surface area contributed by atoms with Gasteiger partial charge in [0.1, 0.15) is 0 Å². The van der Waals surface area contributed by atoms with E-state index in [4.69, 9.17) is 0 Å². The van der Waals surface area contributed by atoms with Gasteiger partial charge in [-0.1, -0.05) is 24.3 Å². The van der Waals surface area contributed by atoms with Gasteiger partial charge in [-0.25, -0.2) is 4.79 Å². The minimum absolute atomic E-state index is 0.185. The number of nitrogens with zero attached hydrogens (tertiary/aromatic N) is 1. The van der Waals surface area contributed by atoms with Crippen molar-refractivity contribution in [1.82, 2.24) is 0 Å². The maximum atomic E-state index is 12.5. The number of rotatable bonds is 4. The molecule has 2 aromatic rings. The number of aryl methyl sites for hydroxylation is 1. The van der Waals surface area contributed by atoms with Crippen molar-refractivity contribution in [3.05, 3.63) is 59.7 Å². The van der Waals surface area contributed by atoms with E-state index in [1.807, 2.05) is 25.1 Å². The van der Waals surface area contributed by atoms with Gasteiger partial charge >= 0.3 is 17.8 Å². The summed E-state index contributed by atoms with van der Waals surface area (Å²) in [6, 6.07) is 13.7. The van der Waals surface area contributed by atoms with Crippen molar-refractivity contribution in [1.29, 1.82) is 0 Å². The summed E-state index contributed by atoms with van der Waals surface area (Å²) in [6.45, 7) is 4.04. The van der Waals surface area contributed by atoms with E-state index in [1.54, 1.807) is 31.2 Å². The van der Waals surface area contributed by atoms with Gasteiger partial charge in [0.15, 0.2) is 0 Å². The fraction of sp³-hybridized carbons (Fsp3) is 0.211. The number of likely N-dealkylation sites (N-methyl/N-ethyl adjacent to an activating group) is 1. The van der Waals surface area contributed by atoms with Crippen LogP contribution in [0.15, 0.2) is 48.5 Å². The molecule has 0 aliphatic carbocycles. The Morgan fingerprint density at radius 1 is 1.08 bits per heavy atom. The summed E-state index contributed by atoms with van der Waals surface area (Å²) >= 11 is 0. The average Bonchev–Trinajstić information content (AvgIpc) is 2.62. The lowest BCUT2D eigenvalue weighted by molar-refractivity contribution is -0.134. The van der Waals surface area contributed by atoms with Crippen molar-refractivity contribution < 1.29 is 19.1 Å². The molecule has 1 N–H and O–H groups in total. The van der Waals surface area contributed by atoms with Gasteiger partial charge in [0, 0.05) is 12.2 Å². The fourth-order valence-corrected chi connectivity index (χ4v) is 2.42. The van der Waals surface area contributed by atoms with Crippen molar-refractivity contribution in [2.45, 2.75) is 13.8 Å². The molecule has 2 amide bonds. The number of ether oxygens (including phenoxy) is 1. The van der Waals surface area contributed by atoms with E-state index in [0.29, 0.717) is 12.2 Å². The number of benzene rings is 2. The standard InChI is InChI=1S/C19H20N2O4/c1-4-21(14-9-7-8-13(2)12-14)18(23)17(22)20-16-11-6-5-10-15(16)19(24)25-3/h5-12H,4H2,1-3H3,(H,20,22). The number of amides is 2. The highest BCUT2D eigenvalue weighted by Gasteiger charge is 2.24. The number of carbonyl (C=O) groups is 3. The van der Waals surface area contributed by atoms with Gasteiger partial charge in [-0.3, -0.25) is 9.59 Å². The number of hydrogen-bond acceptors (Lipinski definition) is 4.